The van der Waals surface area contributed by atoms with Crippen molar-refractivity contribution in [2.24, 2.45) is 0 Å². The van der Waals surface area contributed by atoms with Gasteiger partial charge in [-0.15, -0.1) is 0 Å². The Kier molecular flexibility index (Phi) is 4.83. The van der Waals surface area contributed by atoms with Crippen molar-refractivity contribution in [1.29, 1.82) is 0 Å². The van der Waals surface area contributed by atoms with E-state index in [1.54, 1.807) is 36.4 Å². The van der Waals surface area contributed by atoms with Gasteiger partial charge < -0.3 is 15.1 Å². The molecule has 1 heterocycles. The Labute approximate surface area is 165 Å². The largest absolute Gasteiger partial charge is 0.459 e. The van der Waals surface area contributed by atoms with Crippen molar-refractivity contribution in [1.82, 2.24) is 0 Å². The quantitative estimate of drug-likeness (QED) is 0.477. The molecule has 0 unspecified atom stereocenters. The molecular formula is C22H15ClN2O3. The monoisotopic (exact) mass is 390 g/mol. The molecule has 138 valence electrons. The van der Waals surface area contributed by atoms with Crippen LogP contribution in [-0.2, 0) is 0 Å². The number of nitrogens with one attached hydrogen (secondary N) is 2. The minimum absolute atomic E-state index is 0.185. The molecule has 0 saturated carbocycles. The Morgan fingerprint density at radius 2 is 1.64 bits per heavy atom. The van der Waals surface area contributed by atoms with Gasteiger partial charge in [-0.25, -0.2) is 0 Å². The lowest BCUT2D eigenvalue weighted by atomic mass is 10.0. The number of anilines is 2. The maximum Gasteiger partial charge on any atom is 0.291 e. The summed E-state index contributed by atoms with van der Waals surface area (Å²) in [5.41, 5.74) is 1.52. The number of rotatable bonds is 4. The van der Waals surface area contributed by atoms with Crippen LogP contribution < -0.4 is 10.6 Å². The molecule has 3 aromatic carbocycles. The van der Waals surface area contributed by atoms with Crippen molar-refractivity contribution in [3.63, 3.8) is 0 Å². The average Bonchev–Trinajstić information content (AvgIpc) is 3.24. The second-order valence-electron chi connectivity index (χ2n) is 6.11. The van der Waals surface area contributed by atoms with Crippen molar-refractivity contribution < 1.29 is 14.0 Å². The van der Waals surface area contributed by atoms with E-state index >= 15 is 0 Å². The lowest BCUT2D eigenvalue weighted by Gasteiger charge is -2.11. The maximum atomic E-state index is 12.7. The summed E-state index contributed by atoms with van der Waals surface area (Å²) in [6.45, 7) is 0. The first-order valence-electron chi connectivity index (χ1n) is 8.55. The Hall–Kier alpha value is -3.57. The van der Waals surface area contributed by atoms with E-state index in [0.717, 1.165) is 10.8 Å². The molecule has 0 fully saturated rings. The van der Waals surface area contributed by atoms with Gasteiger partial charge in [0.05, 0.1) is 17.0 Å². The molecule has 0 saturated heterocycles. The molecule has 2 N–H and O–H groups in total. The van der Waals surface area contributed by atoms with Crippen LogP contribution in [0.3, 0.4) is 0 Å². The highest BCUT2D eigenvalue weighted by atomic mass is 35.5. The van der Waals surface area contributed by atoms with Gasteiger partial charge in [0, 0.05) is 11.3 Å². The first kappa shape index (κ1) is 17.8. The smallest absolute Gasteiger partial charge is 0.291 e. The number of hydrogen-bond acceptors (Lipinski definition) is 3. The minimum atomic E-state index is -0.403. The summed E-state index contributed by atoms with van der Waals surface area (Å²) in [6.07, 6.45) is 1.42. The second-order valence-corrected chi connectivity index (χ2v) is 6.51. The molecular weight excluding hydrogens is 376 g/mol. The molecule has 4 aromatic rings. The number of fused-ring (bicyclic) bond motifs is 1. The molecule has 4 rings (SSSR count). The SMILES string of the molecule is O=C(Nc1ccc(NC(=O)c2cccc3ccccc23)cc1Cl)c1ccco1. The summed E-state index contributed by atoms with van der Waals surface area (Å²) in [5.74, 6) is -0.455. The molecule has 0 aliphatic heterocycles. The van der Waals surface area contributed by atoms with Crippen molar-refractivity contribution in [3.8, 4) is 0 Å². The summed E-state index contributed by atoms with van der Waals surface area (Å²) < 4.78 is 5.06. The van der Waals surface area contributed by atoms with Crippen LogP contribution in [0.4, 0.5) is 11.4 Å². The van der Waals surface area contributed by atoms with Gasteiger partial charge in [-0.05, 0) is 47.2 Å². The average molecular weight is 391 g/mol. The molecule has 0 spiro atoms. The molecule has 1 aromatic heterocycles. The molecule has 0 radical (unpaired) electrons. The van der Waals surface area contributed by atoms with Crippen LogP contribution in [0.25, 0.3) is 10.8 Å². The number of halogens is 1. The Morgan fingerprint density at radius 1 is 0.821 bits per heavy atom. The fourth-order valence-corrected chi connectivity index (χ4v) is 3.14. The predicted octanol–water partition coefficient (Wildman–Crippen LogP) is 5.59. The second kappa shape index (κ2) is 7.58. The fourth-order valence-electron chi connectivity index (χ4n) is 2.91. The van der Waals surface area contributed by atoms with Crippen LogP contribution in [0.15, 0.2) is 83.5 Å². The van der Waals surface area contributed by atoms with E-state index < -0.39 is 5.91 Å². The van der Waals surface area contributed by atoms with Crippen molar-refractivity contribution in [2.45, 2.75) is 0 Å². The van der Waals surface area contributed by atoms with Gasteiger partial charge in [-0.1, -0.05) is 48.0 Å². The zero-order valence-electron chi connectivity index (χ0n) is 14.6. The normalized spacial score (nSPS) is 10.6. The number of benzene rings is 3. The van der Waals surface area contributed by atoms with E-state index in [-0.39, 0.29) is 11.7 Å². The molecule has 2 amide bonds. The van der Waals surface area contributed by atoms with Gasteiger partial charge in [0.2, 0.25) is 0 Å². The maximum absolute atomic E-state index is 12.7. The third-order valence-corrected chi connectivity index (χ3v) is 4.57. The van der Waals surface area contributed by atoms with Crippen LogP contribution in [0.1, 0.15) is 20.9 Å². The molecule has 0 bridgehead atoms. The highest BCUT2D eigenvalue weighted by molar-refractivity contribution is 6.34. The summed E-state index contributed by atoms with van der Waals surface area (Å²) in [5, 5.41) is 7.68. The van der Waals surface area contributed by atoms with Crippen LogP contribution in [0, 0.1) is 0 Å². The van der Waals surface area contributed by atoms with E-state index in [1.165, 1.54) is 6.26 Å². The predicted molar refractivity (Wildman–Crippen MR) is 110 cm³/mol. The lowest BCUT2D eigenvalue weighted by Crippen LogP contribution is -2.13. The third-order valence-electron chi connectivity index (χ3n) is 4.25. The topological polar surface area (TPSA) is 71.3 Å². The molecule has 0 aliphatic rings. The molecule has 5 nitrogen and oxygen atoms in total. The number of carbonyl (C=O) groups excluding carboxylic acids is 2. The van der Waals surface area contributed by atoms with E-state index in [2.05, 4.69) is 10.6 Å². The van der Waals surface area contributed by atoms with Crippen molar-refractivity contribution in [2.75, 3.05) is 10.6 Å². The zero-order valence-corrected chi connectivity index (χ0v) is 15.4. The zero-order chi connectivity index (χ0) is 19.5. The van der Waals surface area contributed by atoms with E-state index in [0.29, 0.717) is 22.0 Å². The van der Waals surface area contributed by atoms with E-state index in [4.69, 9.17) is 16.0 Å². The molecule has 28 heavy (non-hydrogen) atoms. The van der Waals surface area contributed by atoms with Crippen LogP contribution in [0.2, 0.25) is 5.02 Å². The minimum Gasteiger partial charge on any atom is -0.459 e. The van der Waals surface area contributed by atoms with Gasteiger partial charge in [0.15, 0.2) is 5.76 Å². The summed E-state index contributed by atoms with van der Waals surface area (Å²) in [4.78, 5) is 24.8. The third kappa shape index (κ3) is 3.61. The van der Waals surface area contributed by atoms with Gasteiger partial charge in [-0.3, -0.25) is 9.59 Å². The first-order valence-corrected chi connectivity index (χ1v) is 8.93. The summed E-state index contributed by atoms with van der Waals surface area (Å²) >= 11 is 6.26. The standard InChI is InChI=1S/C22H15ClN2O3/c23-18-13-15(10-11-19(18)25-22(27)20-9-4-12-28-20)24-21(26)17-8-3-6-14-5-1-2-7-16(14)17/h1-13H,(H,24,26)(H,25,27). The van der Waals surface area contributed by atoms with Gasteiger partial charge >= 0.3 is 0 Å². The Balaban J connectivity index is 1.53. The molecule has 6 heteroatoms. The molecule has 0 aliphatic carbocycles. The van der Waals surface area contributed by atoms with Crippen molar-refractivity contribution >= 4 is 45.6 Å². The van der Waals surface area contributed by atoms with Crippen LogP contribution in [0.5, 0.6) is 0 Å². The Morgan fingerprint density at radius 3 is 2.43 bits per heavy atom. The van der Waals surface area contributed by atoms with Gasteiger partial charge in [0.25, 0.3) is 11.8 Å². The van der Waals surface area contributed by atoms with Gasteiger partial charge in [0.1, 0.15) is 0 Å². The number of furan rings is 1. The summed E-state index contributed by atoms with van der Waals surface area (Å²) in [7, 11) is 0. The highest BCUT2D eigenvalue weighted by Gasteiger charge is 2.13. The van der Waals surface area contributed by atoms with Gasteiger partial charge in [-0.2, -0.15) is 0 Å². The highest BCUT2D eigenvalue weighted by Crippen LogP contribution is 2.27. The van der Waals surface area contributed by atoms with Crippen molar-refractivity contribution in [3.05, 3.63) is 95.4 Å². The van der Waals surface area contributed by atoms with Crippen LogP contribution in [-0.4, -0.2) is 11.8 Å². The van der Waals surface area contributed by atoms with E-state index in [9.17, 15) is 9.59 Å². The van der Waals surface area contributed by atoms with Crippen LogP contribution >= 0.6 is 11.6 Å². The Bertz CT molecular complexity index is 1160. The number of hydrogen-bond donors (Lipinski definition) is 2. The van der Waals surface area contributed by atoms with E-state index in [1.807, 2.05) is 36.4 Å². The first-order chi connectivity index (χ1) is 13.6. The number of amides is 2. The fraction of sp³-hybridized carbons (Fsp3) is 0. The number of carbonyl (C=O) groups is 2. The summed E-state index contributed by atoms with van der Waals surface area (Å²) in [6, 6.07) is 21.3. The molecule has 0 atom stereocenters. The lowest BCUT2D eigenvalue weighted by molar-refractivity contribution is 0.0994.